The summed E-state index contributed by atoms with van der Waals surface area (Å²) in [7, 11) is 1.75. The Hall–Kier alpha value is -1.75. The second-order valence-corrected chi connectivity index (χ2v) is 5.23. The largest absolute Gasteiger partial charge is 0.490 e. The second-order valence-electron chi connectivity index (χ2n) is 5.23. The van der Waals surface area contributed by atoms with Gasteiger partial charge in [0.05, 0.1) is 6.10 Å². The van der Waals surface area contributed by atoms with Gasteiger partial charge in [-0.2, -0.15) is 0 Å². The first-order valence-electron chi connectivity index (χ1n) is 6.92. The Balaban J connectivity index is 2.05. The summed E-state index contributed by atoms with van der Waals surface area (Å²) in [5, 5.41) is 11.7. The van der Waals surface area contributed by atoms with Crippen molar-refractivity contribution in [3.05, 3.63) is 29.3 Å². The summed E-state index contributed by atoms with van der Waals surface area (Å²) < 4.78 is 11.4. The van der Waals surface area contributed by atoms with Crippen molar-refractivity contribution in [2.45, 2.75) is 44.8 Å². The van der Waals surface area contributed by atoms with E-state index in [-0.39, 0.29) is 11.9 Å². The van der Waals surface area contributed by atoms with Crippen molar-refractivity contribution in [2.24, 2.45) is 10.9 Å². The maximum atomic E-state index is 8.72. The van der Waals surface area contributed by atoms with Gasteiger partial charge in [-0.05, 0) is 49.9 Å². The summed E-state index contributed by atoms with van der Waals surface area (Å²) in [4.78, 5) is 0. The first-order chi connectivity index (χ1) is 9.63. The minimum atomic E-state index is 0.117. The molecule has 0 spiro atoms. The average Bonchev–Trinajstić information content (AvgIpc) is 2.47. The van der Waals surface area contributed by atoms with Gasteiger partial charge in [-0.15, -0.1) is 0 Å². The lowest BCUT2D eigenvalue weighted by atomic mass is 9.95. The minimum Gasteiger partial charge on any atom is -0.490 e. The molecule has 0 aliphatic heterocycles. The van der Waals surface area contributed by atoms with Crippen molar-refractivity contribution in [3.8, 4) is 5.75 Å². The second kappa shape index (κ2) is 6.61. The molecule has 0 radical (unpaired) electrons. The zero-order chi connectivity index (χ0) is 14.5. The van der Waals surface area contributed by atoms with Crippen molar-refractivity contribution in [1.29, 1.82) is 0 Å². The molecule has 5 heteroatoms. The molecule has 0 saturated heterocycles. The Morgan fingerprint density at radius 3 is 2.75 bits per heavy atom. The van der Waals surface area contributed by atoms with Crippen molar-refractivity contribution >= 4 is 5.84 Å². The van der Waals surface area contributed by atoms with Gasteiger partial charge in [0.2, 0.25) is 0 Å². The van der Waals surface area contributed by atoms with E-state index in [4.69, 9.17) is 20.4 Å². The molecular formula is C15H22N2O3. The van der Waals surface area contributed by atoms with E-state index in [1.807, 2.05) is 25.1 Å². The van der Waals surface area contributed by atoms with Crippen molar-refractivity contribution in [3.63, 3.8) is 0 Å². The molecule has 1 fully saturated rings. The minimum absolute atomic E-state index is 0.117. The van der Waals surface area contributed by atoms with Crippen LogP contribution >= 0.6 is 0 Å². The molecule has 0 amide bonds. The fourth-order valence-electron chi connectivity index (χ4n) is 2.67. The summed E-state index contributed by atoms with van der Waals surface area (Å²) in [6, 6.07) is 5.59. The Labute approximate surface area is 119 Å². The fourth-order valence-corrected chi connectivity index (χ4v) is 2.67. The summed E-state index contributed by atoms with van der Waals surface area (Å²) in [5.41, 5.74) is 7.26. The van der Waals surface area contributed by atoms with Gasteiger partial charge in [-0.25, -0.2) is 0 Å². The number of aryl methyl sites for hydroxylation is 1. The van der Waals surface area contributed by atoms with E-state index in [2.05, 4.69) is 5.16 Å². The lowest BCUT2D eigenvalue weighted by Gasteiger charge is -2.28. The van der Waals surface area contributed by atoms with Gasteiger partial charge in [-0.3, -0.25) is 0 Å². The average molecular weight is 278 g/mol. The van der Waals surface area contributed by atoms with Gasteiger partial charge in [-0.1, -0.05) is 5.16 Å². The molecule has 1 aromatic rings. The zero-order valence-corrected chi connectivity index (χ0v) is 12.0. The van der Waals surface area contributed by atoms with E-state index >= 15 is 0 Å². The summed E-state index contributed by atoms with van der Waals surface area (Å²) in [6.45, 7) is 1.92. The van der Waals surface area contributed by atoms with Crippen LogP contribution in [0.3, 0.4) is 0 Å². The quantitative estimate of drug-likeness (QED) is 0.384. The maximum Gasteiger partial charge on any atom is 0.170 e. The molecule has 1 aliphatic carbocycles. The SMILES string of the molecule is COC1CCCC(Oc2ccc(/C(N)=N/O)c(C)c2)C1. The van der Waals surface area contributed by atoms with Crippen LogP contribution in [0.15, 0.2) is 23.4 Å². The number of hydrogen-bond acceptors (Lipinski definition) is 4. The summed E-state index contributed by atoms with van der Waals surface area (Å²) in [5.74, 6) is 0.935. The monoisotopic (exact) mass is 278 g/mol. The van der Waals surface area contributed by atoms with Crippen LogP contribution in [0.4, 0.5) is 0 Å². The third kappa shape index (κ3) is 3.42. The predicted octanol–water partition coefficient (Wildman–Crippen LogP) is 2.43. The topological polar surface area (TPSA) is 77.1 Å². The number of ether oxygens (including phenoxy) is 2. The van der Waals surface area contributed by atoms with Gasteiger partial charge in [0.25, 0.3) is 0 Å². The first kappa shape index (κ1) is 14.7. The number of benzene rings is 1. The van der Waals surface area contributed by atoms with Gasteiger partial charge in [0, 0.05) is 19.1 Å². The maximum absolute atomic E-state index is 8.72. The van der Waals surface area contributed by atoms with Crippen LogP contribution in [0, 0.1) is 6.92 Å². The molecule has 3 N–H and O–H groups in total. The summed E-state index contributed by atoms with van der Waals surface area (Å²) in [6.07, 6.45) is 4.72. The highest BCUT2D eigenvalue weighted by Gasteiger charge is 2.23. The lowest BCUT2D eigenvalue weighted by molar-refractivity contribution is 0.0209. The first-order valence-corrected chi connectivity index (χ1v) is 6.92. The van der Waals surface area contributed by atoms with Crippen LogP contribution in [-0.4, -0.2) is 30.4 Å². The normalized spacial score (nSPS) is 23.6. The number of oxime groups is 1. The number of amidine groups is 1. The molecule has 1 aromatic carbocycles. The van der Waals surface area contributed by atoms with E-state index in [1.54, 1.807) is 7.11 Å². The number of methoxy groups -OCH3 is 1. The molecule has 1 saturated carbocycles. The Morgan fingerprint density at radius 2 is 2.10 bits per heavy atom. The molecule has 2 unspecified atom stereocenters. The molecule has 0 bridgehead atoms. The van der Waals surface area contributed by atoms with Crippen LogP contribution in [0.1, 0.15) is 36.8 Å². The van der Waals surface area contributed by atoms with Crippen molar-refractivity contribution < 1.29 is 14.7 Å². The number of hydrogen-bond donors (Lipinski definition) is 2. The van der Waals surface area contributed by atoms with Crippen molar-refractivity contribution in [2.75, 3.05) is 7.11 Å². The van der Waals surface area contributed by atoms with E-state index in [0.29, 0.717) is 6.10 Å². The highest BCUT2D eigenvalue weighted by atomic mass is 16.5. The third-order valence-electron chi connectivity index (χ3n) is 3.80. The molecule has 20 heavy (non-hydrogen) atoms. The fraction of sp³-hybridized carbons (Fsp3) is 0.533. The third-order valence-corrected chi connectivity index (χ3v) is 3.80. The van der Waals surface area contributed by atoms with Crippen molar-refractivity contribution in [1.82, 2.24) is 0 Å². The van der Waals surface area contributed by atoms with Crippen LogP contribution in [0.5, 0.6) is 5.75 Å². The Morgan fingerprint density at radius 1 is 1.35 bits per heavy atom. The molecular weight excluding hydrogens is 256 g/mol. The van der Waals surface area contributed by atoms with Gasteiger partial charge >= 0.3 is 0 Å². The van der Waals surface area contributed by atoms with Gasteiger partial charge in [0.1, 0.15) is 11.9 Å². The van der Waals surface area contributed by atoms with Crippen LogP contribution in [-0.2, 0) is 4.74 Å². The lowest BCUT2D eigenvalue weighted by Crippen LogP contribution is -2.29. The number of rotatable bonds is 4. The van der Waals surface area contributed by atoms with E-state index in [1.165, 1.54) is 0 Å². The van der Waals surface area contributed by atoms with E-state index in [0.717, 1.165) is 42.6 Å². The van der Waals surface area contributed by atoms with E-state index in [9.17, 15) is 0 Å². The van der Waals surface area contributed by atoms with Gasteiger partial charge in [0.15, 0.2) is 5.84 Å². The van der Waals surface area contributed by atoms with E-state index < -0.39 is 0 Å². The van der Waals surface area contributed by atoms with Crippen LogP contribution in [0.25, 0.3) is 0 Å². The molecule has 0 aromatic heterocycles. The highest BCUT2D eigenvalue weighted by Crippen LogP contribution is 2.26. The zero-order valence-electron chi connectivity index (χ0n) is 12.0. The van der Waals surface area contributed by atoms with Gasteiger partial charge < -0.3 is 20.4 Å². The molecule has 1 aliphatic rings. The highest BCUT2D eigenvalue weighted by molar-refractivity contribution is 5.98. The Kier molecular flexibility index (Phi) is 4.84. The molecule has 110 valence electrons. The summed E-state index contributed by atoms with van der Waals surface area (Å²) >= 11 is 0. The molecule has 2 rings (SSSR count). The standard InChI is InChI=1S/C15H22N2O3/c1-10-8-13(6-7-14(10)15(16)17-18)20-12-5-3-4-11(9-12)19-2/h6-8,11-12,18H,3-5,9H2,1-2H3,(H2,16,17). The molecule has 0 heterocycles. The van der Waals surface area contributed by atoms with Crippen LogP contribution < -0.4 is 10.5 Å². The number of nitrogens with zero attached hydrogens (tertiary/aromatic N) is 1. The molecule has 2 atom stereocenters. The molecule has 5 nitrogen and oxygen atoms in total. The smallest absolute Gasteiger partial charge is 0.170 e. The van der Waals surface area contributed by atoms with Crippen LogP contribution in [0.2, 0.25) is 0 Å². The number of nitrogens with two attached hydrogens (primary N) is 1. The Bertz CT molecular complexity index is 488. The predicted molar refractivity (Wildman–Crippen MR) is 77.4 cm³/mol.